The van der Waals surface area contributed by atoms with Gasteiger partial charge in [-0.25, -0.2) is 23.2 Å². The smallest absolute Gasteiger partial charge is 0.451 e. The molecule has 1 aromatic carbocycles. The van der Waals surface area contributed by atoms with E-state index in [2.05, 4.69) is 45.2 Å². The number of carbonyl (C=O) groups excluding carboxylic acids is 1. The highest BCUT2D eigenvalue weighted by atomic mass is 32.5. The zero-order valence-electron chi connectivity index (χ0n) is 21.0. The van der Waals surface area contributed by atoms with Crippen LogP contribution in [0.25, 0.3) is 11.2 Å². The Morgan fingerprint density at radius 2 is 1.90 bits per heavy atom. The van der Waals surface area contributed by atoms with Crippen LogP contribution in [0.4, 0.5) is 11.6 Å². The van der Waals surface area contributed by atoms with Crippen molar-refractivity contribution < 1.29 is 61.2 Å². The predicted octanol–water partition coefficient (Wildman–Crippen LogP) is -0.313. The van der Waals surface area contributed by atoms with E-state index in [1.807, 2.05) is 0 Å². The molecule has 0 bridgehead atoms. The fourth-order valence-corrected chi connectivity index (χ4v) is 7.66. The number of nitrogens with zero attached hydrogens (tertiary/aromatic N) is 3. The van der Waals surface area contributed by atoms with Crippen molar-refractivity contribution in [1.82, 2.24) is 19.5 Å². The summed E-state index contributed by atoms with van der Waals surface area (Å²) in [5, 5.41) is 13.9. The third-order valence-electron chi connectivity index (χ3n) is 5.51. The molecule has 2 unspecified atom stereocenters. The van der Waals surface area contributed by atoms with E-state index in [1.165, 1.54) is 6.07 Å². The van der Waals surface area contributed by atoms with E-state index in [0.29, 0.717) is 5.69 Å². The summed E-state index contributed by atoms with van der Waals surface area (Å²) < 4.78 is 48.9. The number of nitrogen functional groups attached to an aromatic ring is 1. The van der Waals surface area contributed by atoms with Crippen LogP contribution in [-0.4, -0.2) is 82.1 Å². The van der Waals surface area contributed by atoms with Crippen molar-refractivity contribution >= 4 is 62.9 Å². The molecular formula is C18H23N6O14P3S. The zero-order chi connectivity index (χ0) is 31.0. The molecule has 3 aromatic rings. The number of carbonyl (C=O) groups is 1. The van der Waals surface area contributed by atoms with Crippen LogP contribution in [0, 0.1) is 0 Å². The summed E-state index contributed by atoms with van der Waals surface area (Å²) in [7, 11) is -9.56. The Balaban J connectivity index is 1.62. The highest BCUT2D eigenvalue weighted by molar-refractivity contribution is 8.08. The second kappa shape index (κ2) is 12.2. The molecule has 9 N–H and O–H groups in total. The molecule has 24 heteroatoms. The van der Waals surface area contributed by atoms with Crippen LogP contribution in [0.1, 0.15) is 16.6 Å². The second-order valence-corrected chi connectivity index (χ2v) is 14.2. The maximum atomic E-state index is 13.1. The number of nitrogens with one attached hydrogen (secondary N) is 2. The summed E-state index contributed by atoms with van der Waals surface area (Å²) >= 11 is 4.02. The van der Waals surface area contributed by atoms with Gasteiger partial charge in [0.05, 0.1) is 18.5 Å². The lowest BCUT2D eigenvalue weighted by atomic mass is 10.1. The Morgan fingerprint density at radius 3 is 2.57 bits per heavy atom. The Labute approximate surface area is 239 Å². The first-order valence-electron chi connectivity index (χ1n) is 11.3. The van der Waals surface area contributed by atoms with E-state index in [0.717, 1.165) is 10.9 Å². The molecule has 0 radical (unpaired) electrons. The van der Waals surface area contributed by atoms with Crippen LogP contribution in [-0.2, 0) is 43.6 Å². The number of imidazole rings is 1. The van der Waals surface area contributed by atoms with Crippen LogP contribution in [0.3, 0.4) is 0 Å². The third-order valence-corrected chi connectivity index (χ3v) is 9.92. The lowest BCUT2D eigenvalue weighted by Gasteiger charge is -2.22. The molecule has 1 saturated heterocycles. The molecule has 0 saturated carbocycles. The Morgan fingerprint density at radius 1 is 1.21 bits per heavy atom. The van der Waals surface area contributed by atoms with Crippen molar-refractivity contribution in [3.05, 3.63) is 46.5 Å². The van der Waals surface area contributed by atoms with Gasteiger partial charge in [-0.05, 0) is 23.9 Å². The molecule has 20 nitrogen and oxygen atoms in total. The SMILES string of the molecule is CNc1ccccc1C(=O)O[C@@H]1[C@H](O)[C@@H](COP(=O)(O)OP(=O)(O)OP(O)(O)=S)O[C@H]1n1cnc2c(=O)[nH]c(N)nc21. The molecule has 6 atom stereocenters. The molecule has 1 aliphatic rings. The van der Waals surface area contributed by atoms with Crippen LogP contribution in [0.15, 0.2) is 35.4 Å². The number of aromatic amines is 1. The van der Waals surface area contributed by atoms with Gasteiger partial charge >= 0.3 is 28.3 Å². The number of hydrogen-bond donors (Lipinski definition) is 8. The number of fused-ring (bicyclic) bond motifs is 1. The summed E-state index contributed by atoms with van der Waals surface area (Å²) in [6.07, 6.45) is -5.36. The quantitative estimate of drug-likeness (QED) is 0.0956. The molecule has 42 heavy (non-hydrogen) atoms. The van der Waals surface area contributed by atoms with E-state index in [4.69, 9.17) is 25.0 Å². The molecule has 230 valence electrons. The average molecular weight is 672 g/mol. The van der Waals surface area contributed by atoms with Crippen molar-refractivity contribution in [3.63, 3.8) is 0 Å². The Kier molecular flexibility index (Phi) is 9.37. The molecule has 1 aliphatic heterocycles. The van der Waals surface area contributed by atoms with Crippen LogP contribution < -0.4 is 16.6 Å². The van der Waals surface area contributed by atoms with Gasteiger partial charge < -0.3 is 45.2 Å². The minimum absolute atomic E-state index is 0.0698. The molecule has 1 fully saturated rings. The van der Waals surface area contributed by atoms with Crippen molar-refractivity contribution in [2.24, 2.45) is 0 Å². The number of nitrogens with two attached hydrogens (primary N) is 1. The van der Waals surface area contributed by atoms with Crippen molar-refractivity contribution in [3.8, 4) is 0 Å². The third kappa shape index (κ3) is 7.47. The van der Waals surface area contributed by atoms with Crippen LogP contribution in [0.5, 0.6) is 0 Å². The van der Waals surface area contributed by atoms with E-state index < -0.39 is 65.0 Å². The average Bonchev–Trinajstić information content (AvgIpc) is 3.41. The zero-order valence-corrected chi connectivity index (χ0v) is 24.5. The molecule has 0 spiro atoms. The monoisotopic (exact) mass is 672 g/mol. The predicted molar refractivity (Wildman–Crippen MR) is 144 cm³/mol. The fourth-order valence-electron chi connectivity index (χ4n) is 3.87. The lowest BCUT2D eigenvalue weighted by molar-refractivity contribution is -0.0557. The van der Waals surface area contributed by atoms with Crippen LogP contribution >= 0.6 is 22.4 Å². The van der Waals surface area contributed by atoms with Crippen molar-refractivity contribution in [2.75, 3.05) is 24.7 Å². The maximum absolute atomic E-state index is 13.1. The lowest BCUT2D eigenvalue weighted by Crippen LogP contribution is -2.37. The van der Waals surface area contributed by atoms with Gasteiger partial charge in [0, 0.05) is 12.7 Å². The number of ether oxygens (including phenoxy) is 2. The molecular weight excluding hydrogens is 649 g/mol. The van der Waals surface area contributed by atoms with Gasteiger partial charge in [-0.3, -0.25) is 18.9 Å². The van der Waals surface area contributed by atoms with Gasteiger partial charge in [0.25, 0.3) is 5.56 Å². The molecule has 2 aromatic heterocycles. The summed E-state index contributed by atoms with van der Waals surface area (Å²) in [6.45, 7) is -5.82. The number of aromatic nitrogens is 4. The standard InChI is InChI=1S/C18H23N6O14P3S/c1-20-9-5-3-2-4-8(9)17(27)36-13-12(25)10(6-34-39(28,29)37-40(30,31)38-41(32,33)42)35-16(13)24-7-21-11-14(24)22-18(19)23-15(11)26/h2-5,7,10,12-13,16,20,25H,6H2,1H3,(H,28,29)(H,30,31)(H2,32,33,42)(H3,19,22,23,26)/t10-,12-,13-,16-/m1/s1. The van der Waals surface area contributed by atoms with Crippen LogP contribution in [0.2, 0.25) is 0 Å². The number of anilines is 2. The first-order chi connectivity index (χ1) is 19.5. The maximum Gasteiger partial charge on any atom is 0.488 e. The van der Waals surface area contributed by atoms with Gasteiger partial charge in [0.2, 0.25) is 5.95 Å². The first-order valence-corrected chi connectivity index (χ1v) is 16.9. The normalized spacial score (nSPS) is 23.8. The van der Waals surface area contributed by atoms with Gasteiger partial charge in [0.1, 0.15) is 12.2 Å². The van der Waals surface area contributed by atoms with Gasteiger partial charge in [0.15, 0.2) is 23.5 Å². The van der Waals surface area contributed by atoms with Gasteiger partial charge in [-0.15, -0.1) is 0 Å². The number of phosphoric ester groups is 1. The number of aliphatic hydroxyl groups is 1. The molecule has 0 aliphatic carbocycles. The number of esters is 1. The minimum atomic E-state index is -5.61. The van der Waals surface area contributed by atoms with E-state index >= 15 is 0 Å². The van der Waals surface area contributed by atoms with E-state index in [-0.39, 0.29) is 22.7 Å². The highest BCUT2D eigenvalue weighted by Gasteiger charge is 2.49. The molecule has 0 amide bonds. The van der Waals surface area contributed by atoms with E-state index in [9.17, 15) is 33.6 Å². The summed E-state index contributed by atoms with van der Waals surface area (Å²) in [5.74, 6) is -1.22. The second-order valence-electron chi connectivity index (χ2n) is 8.38. The highest BCUT2D eigenvalue weighted by Crippen LogP contribution is 2.66. The number of hydrogen-bond acceptors (Lipinski definition) is 15. The van der Waals surface area contributed by atoms with Gasteiger partial charge in [-0.2, -0.15) is 9.29 Å². The number of phosphoric acid groups is 2. The fraction of sp³-hybridized carbons (Fsp3) is 0.333. The van der Waals surface area contributed by atoms with Crippen molar-refractivity contribution in [2.45, 2.75) is 24.5 Å². The van der Waals surface area contributed by atoms with E-state index in [1.54, 1.807) is 25.2 Å². The number of H-pyrrole nitrogens is 1. The summed E-state index contributed by atoms with van der Waals surface area (Å²) in [4.78, 5) is 73.0. The van der Waals surface area contributed by atoms with Crippen molar-refractivity contribution in [1.29, 1.82) is 0 Å². The molecule has 4 rings (SSSR count). The van der Waals surface area contributed by atoms with Gasteiger partial charge in [-0.1, -0.05) is 12.1 Å². The Hall–Kier alpha value is -2.61. The number of para-hydroxylation sites is 1. The first kappa shape index (κ1) is 32.3. The summed E-state index contributed by atoms with van der Waals surface area (Å²) in [5.41, 5.74) is 5.06. The summed E-state index contributed by atoms with van der Waals surface area (Å²) in [6, 6.07) is 6.24. The Bertz CT molecular complexity index is 1700. The number of aliphatic hydroxyl groups excluding tert-OH is 1. The largest absolute Gasteiger partial charge is 0.488 e. The topological polar surface area (TPSA) is 300 Å². The number of benzene rings is 1. The molecule has 3 heterocycles. The number of rotatable bonds is 11. The minimum Gasteiger partial charge on any atom is -0.451 e.